The zero-order valence-corrected chi connectivity index (χ0v) is 6.80. The van der Waals surface area contributed by atoms with E-state index in [-0.39, 0.29) is 0 Å². The Hall–Kier alpha value is -0.340. The first-order valence-corrected chi connectivity index (χ1v) is 3.68. The lowest BCUT2D eigenvalue weighted by Gasteiger charge is -2.08. The number of hydrogen-bond acceptors (Lipinski definition) is 2. The molecular weight excluding hydrogens is 126 g/mol. The van der Waals surface area contributed by atoms with Gasteiger partial charge >= 0.3 is 0 Å². The van der Waals surface area contributed by atoms with Gasteiger partial charge in [-0.1, -0.05) is 19.9 Å². The average molecular weight is 143 g/mol. The van der Waals surface area contributed by atoms with Crippen LogP contribution in [0.25, 0.3) is 0 Å². The van der Waals surface area contributed by atoms with E-state index >= 15 is 0 Å². The van der Waals surface area contributed by atoms with Crippen LogP contribution in [0, 0.1) is 5.92 Å². The van der Waals surface area contributed by atoms with Gasteiger partial charge in [0.15, 0.2) is 0 Å². The second-order valence-electron chi connectivity index (χ2n) is 2.86. The Kier molecular flexibility index (Phi) is 5.26. The Morgan fingerprint density at radius 3 is 2.50 bits per heavy atom. The molecule has 0 bridgehead atoms. The molecule has 0 fully saturated rings. The number of rotatable bonds is 5. The van der Waals surface area contributed by atoms with Crippen LogP contribution in [0.3, 0.4) is 0 Å². The first kappa shape index (κ1) is 9.66. The Balaban J connectivity index is 3.11. The number of hydrogen-bond donors (Lipinski definition) is 2. The molecule has 0 heterocycles. The van der Waals surface area contributed by atoms with Crippen LogP contribution in [0.4, 0.5) is 0 Å². The van der Waals surface area contributed by atoms with Crippen molar-refractivity contribution in [2.24, 2.45) is 5.92 Å². The Morgan fingerprint density at radius 2 is 2.10 bits per heavy atom. The van der Waals surface area contributed by atoms with Gasteiger partial charge in [-0.3, -0.25) is 0 Å². The van der Waals surface area contributed by atoms with Crippen molar-refractivity contribution in [2.75, 3.05) is 13.1 Å². The molecule has 0 rings (SSSR count). The molecule has 1 unspecified atom stereocenters. The standard InChI is InChI=1S/C8H17NO/c1-4-8(10)6-9-5-7(2)3/h4,7-10H,1,5-6H2,2-3H3. The summed E-state index contributed by atoms with van der Waals surface area (Å²) in [5.74, 6) is 0.636. The van der Waals surface area contributed by atoms with Crippen molar-refractivity contribution < 1.29 is 5.11 Å². The third kappa shape index (κ3) is 5.79. The normalized spacial score (nSPS) is 13.6. The molecule has 0 aromatic heterocycles. The smallest absolute Gasteiger partial charge is 0.0842 e. The van der Waals surface area contributed by atoms with E-state index < -0.39 is 6.10 Å². The molecule has 2 nitrogen and oxygen atoms in total. The summed E-state index contributed by atoms with van der Waals surface area (Å²) in [6.45, 7) is 9.29. The van der Waals surface area contributed by atoms with Gasteiger partial charge in [0.25, 0.3) is 0 Å². The van der Waals surface area contributed by atoms with E-state index in [4.69, 9.17) is 5.11 Å². The molecule has 0 aliphatic carbocycles. The van der Waals surface area contributed by atoms with Gasteiger partial charge in [-0.15, -0.1) is 6.58 Å². The van der Waals surface area contributed by atoms with Crippen molar-refractivity contribution in [3.05, 3.63) is 12.7 Å². The van der Waals surface area contributed by atoms with E-state index in [9.17, 15) is 0 Å². The third-order valence-corrected chi connectivity index (χ3v) is 1.18. The average Bonchev–Trinajstić information content (AvgIpc) is 1.87. The Labute approximate surface area is 62.9 Å². The highest BCUT2D eigenvalue weighted by atomic mass is 16.3. The van der Waals surface area contributed by atoms with E-state index in [1.54, 1.807) is 0 Å². The highest BCUT2D eigenvalue weighted by Gasteiger charge is 1.97. The lowest BCUT2D eigenvalue weighted by molar-refractivity contribution is 0.217. The second kappa shape index (κ2) is 5.45. The van der Waals surface area contributed by atoms with E-state index in [0.717, 1.165) is 6.54 Å². The maximum Gasteiger partial charge on any atom is 0.0842 e. The molecular formula is C8H17NO. The van der Waals surface area contributed by atoms with E-state index in [1.165, 1.54) is 6.08 Å². The number of aliphatic hydroxyl groups is 1. The van der Waals surface area contributed by atoms with Gasteiger partial charge in [-0.25, -0.2) is 0 Å². The summed E-state index contributed by atoms with van der Waals surface area (Å²) in [6, 6.07) is 0. The summed E-state index contributed by atoms with van der Waals surface area (Å²) >= 11 is 0. The zero-order chi connectivity index (χ0) is 7.98. The molecule has 0 saturated carbocycles. The van der Waals surface area contributed by atoms with Gasteiger partial charge in [-0.05, 0) is 12.5 Å². The van der Waals surface area contributed by atoms with Gasteiger partial charge in [0.1, 0.15) is 0 Å². The van der Waals surface area contributed by atoms with Crippen molar-refractivity contribution in [1.82, 2.24) is 5.32 Å². The molecule has 0 aromatic carbocycles. The highest BCUT2D eigenvalue weighted by Crippen LogP contribution is 1.87. The summed E-state index contributed by atoms with van der Waals surface area (Å²) in [5.41, 5.74) is 0. The van der Waals surface area contributed by atoms with Crippen molar-refractivity contribution in [3.8, 4) is 0 Å². The van der Waals surface area contributed by atoms with Crippen LogP contribution in [0.2, 0.25) is 0 Å². The molecule has 0 amide bonds. The zero-order valence-electron chi connectivity index (χ0n) is 6.80. The Bertz CT molecular complexity index is 91.3. The molecule has 0 saturated heterocycles. The molecule has 2 heteroatoms. The van der Waals surface area contributed by atoms with Crippen molar-refractivity contribution in [1.29, 1.82) is 0 Å². The quantitative estimate of drug-likeness (QED) is 0.557. The SMILES string of the molecule is C=CC(O)CNCC(C)C. The van der Waals surface area contributed by atoms with Crippen LogP contribution >= 0.6 is 0 Å². The van der Waals surface area contributed by atoms with Crippen LogP contribution in [0.15, 0.2) is 12.7 Å². The lowest BCUT2D eigenvalue weighted by Crippen LogP contribution is -2.28. The summed E-state index contributed by atoms with van der Waals surface area (Å²) in [6.07, 6.45) is 1.13. The minimum absolute atomic E-state index is 0.404. The summed E-state index contributed by atoms with van der Waals surface area (Å²) in [5, 5.41) is 12.1. The fourth-order valence-corrected chi connectivity index (χ4v) is 0.603. The van der Waals surface area contributed by atoms with Gasteiger partial charge in [0, 0.05) is 6.54 Å². The molecule has 1 atom stereocenters. The molecule has 0 aliphatic heterocycles. The molecule has 0 aromatic rings. The molecule has 0 spiro atoms. The van der Waals surface area contributed by atoms with Crippen LogP contribution in [-0.4, -0.2) is 24.3 Å². The minimum Gasteiger partial charge on any atom is -0.388 e. The van der Waals surface area contributed by atoms with Gasteiger partial charge in [-0.2, -0.15) is 0 Å². The predicted molar refractivity (Wildman–Crippen MR) is 43.9 cm³/mol. The van der Waals surface area contributed by atoms with Crippen LogP contribution in [-0.2, 0) is 0 Å². The fourth-order valence-electron chi connectivity index (χ4n) is 0.603. The molecule has 60 valence electrons. The predicted octanol–water partition coefficient (Wildman–Crippen LogP) is 0.779. The Morgan fingerprint density at radius 1 is 1.50 bits per heavy atom. The minimum atomic E-state index is -0.404. The topological polar surface area (TPSA) is 32.3 Å². The van der Waals surface area contributed by atoms with E-state index in [0.29, 0.717) is 12.5 Å². The fraction of sp³-hybridized carbons (Fsp3) is 0.750. The number of nitrogens with one attached hydrogen (secondary N) is 1. The molecule has 10 heavy (non-hydrogen) atoms. The maximum absolute atomic E-state index is 8.99. The van der Waals surface area contributed by atoms with Gasteiger partial charge in [0.05, 0.1) is 6.10 Å². The first-order valence-electron chi connectivity index (χ1n) is 3.68. The van der Waals surface area contributed by atoms with Crippen molar-refractivity contribution in [3.63, 3.8) is 0 Å². The first-order chi connectivity index (χ1) is 4.66. The van der Waals surface area contributed by atoms with E-state index in [2.05, 4.69) is 25.7 Å². The highest BCUT2D eigenvalue weighted by molar-refractivity contribution is 4.79. The summed E-state index contributed by atoms with van der Waals surface area (Å²) in [4.78, 5) is 0. The van der Waals surface area contributed by atoms with Crippen LogP contribution in [0.5, 0.6) is 0 Å². The molecule has 0 aliphatic rings. The summed E-state index contributed by atoms with van der Waals surface area (Å²) < 4.78 is 0. The number of aliphatic hydroxyl groups excluding tert-OH is 1. The van der Waals surface area contributed by atoms with Crippen molar-refractivity contribution in [2.45, 2.75) is 20.0 Å². The van der Waals surface area contributed by atoms with E-state index in [1.807, 2.05) is 0 Å². The third-order valence-electron chi connectivity index (χ3n) is 1.18. The van der Waals surface area contributed by atoms with Gasteiger partial charge in [0.2, 0.25) is 0 Å². The molecule has 0 radical (unpaired) electrons. The summed E-state index contributed by atoms with van der Waals surface area (Å²) in [7, 11) is 0. The van der Waals surface area contributed by atoms with Gasteiger partial charge < -0.3 is 10.4 Å². The maximum atomic E-state index is 8.99. The molecule has 2 N–H and O–H groups in total. The van der Waals surface area contributed by atoms with Crippen LogP contribution in [0.1, 0.15) is 13.8 Å². The lowest BCUT2D eigenvalue weighted by atomic mass is 10.2. The monoisotopic (exact) mass is 143 g/mol. The van der Waals surface area contributed by atoms with Crippen molar-refractivity contribution >= 4 is 0 Å². The van der Waals surface area contributed by atoms with Crippen LogP contribution < -0.4 is 5.32 Å². The second-order valence-corrected chi connectivity index (χ2v) is 2.86. The largest absolute Gasteiger partial charge is 0.388 e.